The highest BCUT2D eigenvalue weighted by Gasteiger charge is 2.32. The normalized spacial score (nSPS) is 19.6. The van der Waals surface area contributed by atoms with Crippen LogP contribution < -0.4 is 9.47 Å². The van der Waals surface area contributed by atoms with Crippen molar-refractivity contribution in [3.63, 3.8) is 0 Å². The molecule has 0 radical (unpaired) electrons. The summed E-state index contributed by atoms with van der Waals surface area (Å²) in [4.78, 5) is 0. The van der Waals surface area contributed by atoms with E-state index >= 15 is 0 Å². The van der Waals surface area contributed by atoms with Crippen molar-refractivity contribution in [2.45, 2.75) is 51.6 Å². The molecule has 0 fully saturated rings. The van der Waals surface area contributed by atoms with Crippen LogP contribution in [-0.2, 0) is 13.0 Å². The van der Waals surface area contributed by atoms with E-state index in [0.717, 1.165) is 36.5 Å². The van der Waals surface area contributed by atoms with Crippen LogP contribution in [0.2, 0.25) is 0 Å². The second-order valence-corrected chi connectivity index (χ2v) is 11.5. The third kappa shape index (κ3) is 5.86. The largest absolute Gasteiger partial charge is 0.489 e. The van der Waals surface area contributed by atoms with Crippen LogP contribution in [0.25, 0.3) is 0 Å². The first-order chi connectivity index (χ1) is 19.0. The fraction of sp³-hybridized carbons (Fsp3) is 0.243. The highest BCUT2D eigenvalue weighted by molar-refractivity contribution is 5.48. The predicted octanol–water partition coefficient (Wildman–Crippen LogP) is 9.38. The fourth-order valence-corrected chi connectivity index (χ4v) is 6.01. The summed E-state index contributed by atoms with van der Waals surface area (Å²) in [6, 6.07) is 36.8. The molecule has 2 heteroatoms. The maximum Gasteiger partial charge on any atom is 0.127 e. The SMILES string of the molecule is CC1(C)C=C(Oc2ccc([C@@H]3c4ccc(OCc5ccccc5)cc4CC[C@@H]3c3ccccc3)cc2)C=CC1. The van der Waals surface area contributed by atoms with Gasteiger partial charge < -0.3 is 9.47 Å². The number of rotatable bonds is 7. The number of fused-ring (bicyclic) bond motifs is 1. The molecule has 196 valence electrons. The Morgan fingerprint density at radius 2 is 1.49 bits per heavy atom. The number of hydrogen-bond donors (Lipinski definition) is 0. The Balaban J connectivity index is 1.28. The van der Waals surface area contributed by atoms with E-state index in [2.05, 4.69) is 129 Å². The minimum Gasteiger partial charge on any atom is -0.489 e. The molecule has 2 nitrogen and oxygen atoms in total. The van der Waals surface area contributed by atoms with E-state index in [-0.39, 0.29) is 11.3 Å². The first-order valence-corrected chi connectivity index (χ1v) is 14.1. The summed E-state index contributed by atoms with van der Waals surface area (Å²) in [6.45, 7) is 5.07. The fourth-order valence-electron chi connectivity index (χ4n) is 6.01. The molecule has 0 aliphatic heterocycles. The van der Waals surface area contributed by atoms with Gasteiger partial charge in [-0.2, -0.15) is 0 Å². The molecular weight excluding hydrogens is 476 g/mol. The Morgan fingerprint density at radius 3 is 2.23 bits per heavy atom. The number of aryl methyl sites for hydroxylation is 1. The van der Waals surface area contributed by atoms with Gasteiger partial charge in [0.05, 0.1) is 0 Å². The van der Waals surface area contributed by atoms with Gasteiger partial charge in [-0.05, 0) is 94.8 Å². The zero-order chi connectivity index (χ0) is 26.7. The average Bonchev–Trinajstić information content (AvgIpc) is 2.96. The van der Waals surface area contributed by atoms with Crippen LogP contribution in [0.1, 0.15) is 66.3 Å². The third-order valence-electron chi connectivity index (χ3n) is 7.99. The molecule has 0 saturated heterocycles. The van der Waals surface area contributed by atoms with Crippen molar-refractivity contribution in [2.24, 2.45) is 5.41 Å². The topological polar surface area (TPSA) is 18.5 Å². The van der Waals surface area contributed by atoms with E-state index < -0.39 is 0 Å². The van der Waals surface area contributed by atoms with E-state index in [0.29, 0.717) is 12.5 Å². The molecule has 2 atom stereocenters. The summed E-state index contributed by atoms with van der Waals surface area (Å²) in [6.07, 6.45) is 9.70. The smallest absolute Gasteiger partial charge is 0.127 e. The average molecular weight is 513 g/mol. The quantitative estimate of drug-likeness (QED) is 0.246. The molecule has 0 bridgehead atoms. The van der Waals surface area contributed by atoms with E-state index in [1.165, 1.54) is 27.8 Å². The van der Waals surface area contributed by atoms with Crippen LogP contribution in [0.3, 0.4) is 0 Å². The summed E-state index contributed by atoms with van der Waals surface area (Å²) in [5.74, 6) is 3.44. The van der Waals surface area contributed by atoms with Gasteiger partial charge >= 0.3 is 0 Å². The first kappa shape index (κ1) is 25.2. The maximum absolute atomic E-state index is 6.25. The van der Waals surface area contributed by atoms with Gasteiger partial charge in [-0.15, -0.1) is 0 Å². The monoisotopic (exact) mass is 512 g/mol. The van der Waals surface area contributed by atoms with Crippen molar-refractivity contribution in [1.29, 1.82) is 0 Å². The maximum atomic E-state index is 6.25. The Kier molecular flexibility index (Phi) is 7.11. The molecule has 2 aliphatic rings. The number of benzene rings is 4. The molecule has 0 spiro atoms. The zero-order valence-corrected chi connectivity index (χ0v) is 22.8. The molecule has 0 unspecified atom stereocenters. The van der Waals surface area contributed by atoms with Gasteiger partial charge in [0.1, 0.15) is 23.9 Å². The predicted molar refractivity (Wildman–Crippen MR) is 159 cm³/mol. The molecule has 0 amide bonds. The summed E-state index contributed by atoms with van der Waals surface area (Å²) < 4.78 is 12.4. The summed E-state index contributed by atoms with van der Waals surface area (Å²) in [7, 11) is 0. The van der Waals surface area contributed by atoms with Gasteiger partial charge in [-0.25, -0.2) is 0 Å². The van der Waals surface area contributed by atoms with Gasteiger partial charge in [0.15, 0.2) is 0 Å². The molecule has 0 heterocycles. The van der Waals surface area contributed by atoms with Crippen molar-refractivity contribution < 1.29 is 9.47 Å². The summed E-state index contributed by atoms with van der Waals surface area (Å²) in [5.41, 5.74) is 6.82. The Labute approximate surface area is 232 Å². The highest BCUT2D eigenvalue weighted by Crippen LogP contribution is 2.47. The van der Waals surface area contributed by atoms with Crippen molar-refractivity contribution in [3.05, 3.63) is 155 Å². The Hall–Kier alpha value is -4.04. The summed E-state index contributed by atoms with van der Waals surface area (Å²) in [5, 5.41) is 0. The highest BCUT2D eigenvalue weighted by atomic mass is 16.5. The van der Waals surface area contributed by atoms with Crippen LogP contribution in [0.15, 0.2) is 127 Å². The zero-order valence-electron chi connectivity index (χ0n) is 22.8. The van der Waals surface area contributed by atoms with Crippen LogP contribution in [0.4, 0.5) is 0 Å². The second kappa shape index (κ2) is 11.0. The molecule has 4 aromatic rings. The Morgan fingerprint density at radius 1 is 0.769 bits per heavy atom. The molecule has 0 saturated carbocycles. The Bertz CT molecular complexity index is 1460. The van der Waals surface area contributed by atoms with Crippen LogP contribution >= 0.6 is 0 Å². The van der Waals surface area contributed by atoms with Gasteiger partial charge in [0.2, 0.25) is 0 Å². The lowest BCUT2D eigenvalue weighted by Crippen LogP contribution is -2.20. The number of hydrogen-bond acceptors (Lipinski definition) is 2. The van der Waals surface area contributed by atoms with E-state index in [1.54, 1.807) is 0 Å². The third-order valence-corrected chi connectivity index (χ3v) is 7.99. The lowest BCUT2D eigenvalue weighted by Gasteiger charge is -2.35. The van der Waals surface area contributed by atoms with Crippen LogP contribution in [-0.4, -0.2) is 0 Å². The first-order valence-electron chi connectivity index (χ1n) is 14.1. The lowest BCUT2D eigenvalue weighted by molar-refractivity contribution is 0.305. The van der Waals surface area contributed by atoms with Crippen LogP contribution in [0.5, 0.6) is 11.5 Å². The van der Waals surface area contributed by atoms with E-state index in [4.69, 9.17) is 9.47 Å². The molecule has 6 rings (SSSR count). The molecular formula is C37H36O2. The van der Waals surface area contributed by atoms with Crippen LogP contribution in [0, 0.1) is 5.41 Å². The molecule has 0 aromatic heterocycles. The standard InChI is InChI=1S/C37H36O2/c1-37(2)23-9-14-33(25-37)39-31-18-15-29(16-19-31)36-34(28-12-7-4-8-13-28)21-17-30-24-32(20-22-35(30)36)38-26-27-10-5-3-6-11-27/h3-16,18-20,22,24-25,34,36H,17,21,23,26H2,1-2H3/t34-,36+/m1/s1. The minimum absolute atomic E-state index is 0.127. The number of allylic oxidation sites excluding steroid dienone is 3. The lowest BCUT2D eigenvalue weighted by atomic mass is 9.69. The van der Waals surface area contributed by atoms with Gasteiger partial charge in [0.25, 0.3) is 0 Å². The van der Waals surface area contributed by atoms with E-state index in [9.17, 15) is 0 Å². The molecule has 39 heavy (non-hydrogen) atoms. The molecule has 0 N–H and O–H groups in total. The van der Waals surface area contributed by atoms with Crippen molar-refractivity contribution in [2.75, 3.05) is 0 Å². The van der Waals surface area contributed by atoms with Gasteiger partial charge in [-0.3, -0.25) is 0 Å². The second-order valence-electron chi connectivity index (χ2n) is 11.5. The molecule has 2 aliphatic carbocycles. The van der Waals surface area contributed by atoms with Crippen molar-refractivity contribution in [3.8, 4) is 11.5 Å². The summed E-state index contributed by atoms with van der Waals surface area (Å²) >= 11 is 0. The van der Waals surface area contributed by atoms with E-state index in [1.807, 2.05) is 6.07 Å². The van der Waals surface area contributed by atoms with Gasteiger partial charge in [0, 0.05) is 5.92 Å². The van der Waals surface area contributed by atoms with Gasteiger partial charge in [-0.1, -0.05) is 98.8 Å². The molecule has 4 aromatic carbocycles. The minimum atomic E-state index is 0.127. The van der Waals surface area contributed by atoms with Crippen molar-refractivity contribution in [1.82, 2.24) is 0 Å². The van der Waals surface area contributed by atoms with Crippen molar-refractivity contribution >= 4 is 0 Å². The number of ether oxygens (including phenoxy) is 2.